The largest absolute Gasteiger partial charge is 0.484 e. The average Bonchev–Trinajstić information content (AvgIpc) is 3.19. The normalized spacial score (nSPS) is 20.4. The molecule has 1 amide bonds. The van der Waals surface area contributed by atoms with Gasteiger partial charge in [-0.3, -0.25) is 9.59 Å². The molecule has 5 nitrogen and oxygen atoms in total. The third-order valence-electron chi connectivity index (χ3n) is 3.38. The van der Waals surface area contributed by atoms with Gasteiger partial charge in [0, 0.05) is 11.3 Å². The maximum absolute atomic E-state index is 12.2. The zero-order valence-corrected chi connectivity index (χ0v) is 11.6. The van der Waals surface area contributed by atoms with Crippen LogP contribution in [0.25, 0.3) is 0 Å². The monoisotopic (exact) mass is 317 g/mol. The SMILES string of the molecule is Cc1c(NC(=O)[C@@H]2C[C@H]2C(=O)O)cccc1OCC(F)(F)F. The first-order valence-corrected chi connectivity index (χ1v) is 6.52. The molecular weight excluding hydrogens is 303 g/mol. The number of alkyl halides is 3. The van der Waals surface area contributed by atoms with Gasteiger partial charge in [0.1, 0.15) is 5.75 Å². The molecule has 22 heavy (non-hydrogen) atoms. The summed E-state index contributed by atoms with van der Waals surface area (Å²) in [6.07, 6.45) is -4.18. The lowest BCUT2D eigenvalue weighted by Gasteiger charge is -2.14. The molecule has 1 aliphatic rings. The second-order valence-electron chi connectivity index (χ2n) is 5.11. The summed E-state index contributed by atoms with van der Waals surface area (Å²) < 4.78 is 41.2. The number of rotatable bonds is 5. The van der Waals surface area contributed by atoms with E-state index in [0.29, 0.717) is 11.3 Å². The van der Waals surface area contributed by atoms with E-state index >= 15 is 0 Å². The summed E-state index contributed by atoms with van der Waals surface area (Å²) in [6.45, 7) is 0.0951. The van der Waals surface area contributed by atoms with Gasteiger partial charge in [0.15, 0.2) is 6.61 Å². The zero-order chi connectivity index (χ0) is 16.5. The van der Waals surface area contributed by atoms with Crippen molar-refractivity contribution in [2.45, 2.75) is 19.5 Å². The van der Waals surface area contributed by atoms with Crippen LogP contribution in [-0.4, -0.2) is 29.8 Å². The van der Waals surface area contributed by atoms with Crippen LogP contribution in [-0.2, 0) is 9.59 Å². The van der Waals surface area contributed by atoms with Crippen molar-refractivity contribution < 1.29 is 32.6 Å². The van der Waals surface area contributed by atoms with Crippen molar-refractivity contribution in [1.82, 2.24) is 0 Å². The van der Waals surface area contributed by atoms with Crippen molar-refractivity contribution in [2.75, 3.05) is 11.9 Å². The summed E-state index contributed by atoms with van der Waals surface area (Å²) >= 11 is 0. The molecule has 0 aromatic heterocycles. The maximum Gasteiger partial charge on any atom is 0.422 e. The van der Waals surface area contributed by atoms with Crippen LogP contribution in [0.15, 0.2) is 18.2 Å². The molecule has 2 N–H and O–H groups in total. The Bertz CT molecular complexity index is 600. The number of aliphatic carboxylic acids is 1. The van der Waals surface area contributed by atoms with E-state index in [4.69, 9.17) is 5.11 Å². The molecule has 1 saturated carbocycles. The molecular formula is C14H14F3NO4. The van der Waals surface area contributed by atoms with Gasteiger partial charge in [0.25, 0.3) is 0 Å². The molecule has 0 spiro atoms. The van der Waals surface area contributed by atoms with Crippen LogP contribution >= 0.6 is 0 Å². The lowest BCUT2D eigenvalue weighted by Crippen LogP contribution is -2.20. The number of anilines is 1. The predicted octanol–water partition coefficient (Wildman–Crippen LogP) is 2.60. The molecule has 8 heteroatoms. The van der Waals surface area contributed by atoms with Crippen molar-refractivity contribution in [2.24, 2.45) is 11.8 Å². The highest BCUT2D eigenvalue weighted by Crippen LogP contribution is 2.40. The number of carboxylic acids is 1. The highest BCUT2D eigenvalue weighted by atomic mass is 19.4. The van der Waals surface area contributed by atoms with Gasteiger partial charge in [-0.15, -0.1) is 0 Å². The van der Waals surface area contributed by atoms with E-state index in [1.54, 1.807) is 0 Å². The minimum atomic E-state index is -4.45. The Labute approximate surface area is 124 Å². The minimum absolute atomic E-state index is 0.0145. The molecule has 0 aliphatic heterocycles. The molecule has 0 unspecified atom stereocenters. The summed E-state index contributed by atoms with van der Waals surface area (Å²) in [4.78, 5) is 22.6. The van der Waals surface area contributed by atoms with E-state index in [1.807, 2.05) is 0 Å². The van der Waals surface area contributed by atoms with Gasteiger partial charge in [-0.1, -0.05) is 6.07 Å². The van der Waals surface area contributed by atoms with Gasteiger partial charge in [0.05, 0.1) is 11.8 Å². The number of hydrogen-bond acceptors (Lipinski definition) is 3. The minimum Gasteiger partial charge on any atom is -0.484 e. The van der Waals surface area contributed by atoms with Crippen molar-refractivity contribution in [3.05, 3.63) is 23.8 Å². The van der Waals surface area contributed by atoms with E-state index in [2.05, 4.69) is 10.1 Å². The third kappa shape index (κ3) is 3.90. The van der Waals surface area contributed by atoms with Crippen molar-refractivity contribution >= 4 is 17.6 Å². The van der Waals surface area contributed by atoms with Crippen LogP contribution in [0.5, 0.6) is 5.75 Å². The first kappa shape index (κ1) is 16.1. The van der Waals surface area contributed by atoms with Gasteiger partial charge in [-0.05, 0) is 25.5 Å². The number of carboxylic acid groups (broad SMARTS) is 1. The molecule has 2 atom stereocenters. The van der Waals surface area contributed by atoms with E-state index in [1.165, 1.54) is 25.1 Å². The number of nitrogens with one attached hydrogen (secondary N) is 1. The number of benzene rings is 1. The Morgan fingerprint density at radius 3 is 2.59 bits per heavy atom. The molecule has 2 rings (SSSR count). The number of carbonyl (C=O) groups excluding carboxylic acids is 1. The van der Waals surface area contributed by atoms with Gasteiger partial charge >= 0.3 is 12.1 Å². The first-order chi connectivity index (χ1) is 10.2. The highest BCUT2D eigenvalue weighted by Gasteiger charge is 2.48. The summed E-state index contributed by atoms with van der Waals surface area (Å²) in [5, 5.41) is 11.3. The number of halogens is 3. The quantitative estimate of drug-likeness (QED) is 0.875. The van der Waals surface area contributed by atoms with Crippen LogP contribution in [0.4, 0.5) is 18.9 Å². The lowest BCUT2D eigenvalue weighted by molar-refractivity contribution is -0.153. The molecule has 1 aromatic carbocycles. The van der Waals surface area contributed by atoms with E-state index in [-0.39, 0.29) is 12.2 Å². The topological polar surface area (TPSA) is 75.6 Å². The Balaban J connectivity index is 2.03. The van der Waals surface area contributed by atoms with Gasteiger partial charge < -0.3 is 15.2 Å². The second kappa shape index (κ2) is 5.86. The van der Waals surface area contributed by atoms with Crippen LogP contribution < -0.4 is 10.1 Å². The molecule has 1 aliphatic carbocycles. The average molecular weight is 317 g/mol. The number of amides is 1. The maximum atomic E-state index is 12.2. The summed E-state index contributed by atoms with van der Waals surface area (Å²) in [5.41, 5.74) is 0.660. The van der Waals surface area contributed by atoms with Crippen LogP contribution in [0.1, 0.15) is 12.0 Å². The fourth-order valence-electron chi connectivity index (χ4n) is 2.05. The standard InChI is InChI=1S/C14H14F3NO4/c1-7-10(18-12(19)8-5-9(8)13(20)21)3-2-4-11(7)22-6-14(15,16)17/h2-4,8-9H,5-6H2,1H3,(H,18,19)(H,20,21)/t8-,9-/m1/s1. The van der Waals surface area contributed by atoms with Crippen molar-refractivity contribution in [3.8, 4) is 5.75 Å². The van der Waals surface area contributed by atoms with E-state index in [0.717, 1.165) is 0 Å². The fourth-order valence-corrected chi connectivity index (χ4v) is 2.05. The Hall–Kier alpha value is -2.25. The molecule has 1 fully saturated rings. The molecule has 0 bridgehead atoms. The van der Waals surface area contributed by atoms with E-state index < -0.39 is 36.5 Å². The fraction of sp³-hybridized carbons (Fsp3) is 0.429. The van der Waals surface area contributed by atoms with Gasteiger partial charge in [0.2, 0.25) is 5.91 Å². The van der Waals surface area contributed by atoms with Gasteiger partial charge in [-0.25, -0.2) is 0 Å². The van der Waals surface area contributed by atoms with E-state index in [9.17, 15) is 22.8 Å². The smallest absolute Gasteiger partial charge is 0.422 e. The molecule has 1 aromatic rings. The van der Waals surface area contributed by atoms with Gasteiger partial charge in [-0.2, -0.15) is 13.2 Å². The Morgan fingerprint density at radius 1 is 1.36 bits per heavy atom. The predicted molar refractivity (Wildman–Crippen MR) is 70.6 cm³/mol. The third-order valence-corrected chi connectivity index (χ3v) is 3.38. The Kier molecular flexibility index (Phi) is 4.30. The zero-order valence-electron chi connectivity index (χ0n) is 11.6. The Morgan fingerprint density at radius 2 is 2.05 bits per heavy atom. The molecule has 0 radical (unpaired) electrons. The molecule has 0 heterocycles. The number of ether oxygens (including phenoxy) is 1. The molecule has 120 valence electrons. The number of carbonyl (C=O) groups is 2. The lowest BCUT2D eigenvalue weighted by atomic mass is 10.1. The van der Waals surface area contributed by atoms with Crippen molar-refractivity contribution in [3.63, 3.8) is 0 Å². The number of hydrogen-bond donors (Lipinski definition) is 2. The summed E-state index contributed by atoms with van der Waals surface area (Å²) in [7, 11) is 0. The summed E-state index contributed by atoms with van der Waals surface area (Å²) in [5.74, 6) is -2.76. The second-order valence-corrected chi connectivity index (χ2v) is 5.11. The van der Waals surface area contributed by atoms with Crippen LogP contribution in [0.2, 0.25) is 0 Å². The highest BCUT2D eigenvalue weighted by molar-refractivity contribution is 5.98. The first-order valence-electron chi connectivity index (χ1n) is 6.52. The van der Waals surface area contributed by atoms with Crippen molar-refractivity contribution in [1.29, 1.82) is 0 Å². The summed E-state index contributed by atoms with van der Waals surface area (Å²) in [6, 6.07) is 4.34. The van der Waals surface area contributed by atoms with Crippen LogP contribution in [0, 0.1) is 18.8 Å². The molecule has 0 saturated heterocycles. The van der Waals surface area contributed by atoms with Crippen LogP contribution in [0.3, 0.4) is 0 Å².